The van der Waals surface area contributed by atoms with E-state index in [0.29, 0.717) is 25.1 Å². The van der Waals surface area contributed by atoms with Gasteiger partial charge in [0.15, 0.2) is 0 Å². The number of ether oxygens (including phenoxy) is 2. The van der Waals surface area contributed by atoms with E-state index in [1.165, 1.54) is 0 Å². The molecular formula is C28H35NO5. The van der Waals surface area contributed by atoms with E-state index in [4.69, 9.17) is 9.47 Å². The predicted molar refractivity (Wildman–Crippen MR) is 130 cm³/mol. The SMILES string of the molecule is C=C1CC[C@H]2[C@@](C)(CC[C@@H](O)[C@@]2(C)C(=O)NCc2ccc(OC)cc2)[C@@H]1/C=C/C1=CCOC1=O. The molecule has 3 aliphatic rings. The van der Waals surface area contributed by atoms with E-state index >= 15 is 0 Å². The van der Waals surface area contributed by atoms with Crippen LogP contribution in [0, 0.1) is 22.7 Å². The molecule has 0 aromatic heterocycles. The lowest BCUT2D eigenvalue weighted by atomic mass is 9.46. The van der Waals surface area contributed by atoms with Crippen molar-refractivity contribution in [2.75, 3.05) is 13.7 Å². The summed E-state index contributed by atoms with van der Waals surface area (Å²) in [4.78, 5) is 25.5. The normalized spacial score (nSPS) is 33.3. The van der Waals surface area contributed by atoms with Gasteiger partial charge in [-0.25, -0.2) is 4.79 Å². The Morgan fingerprint density at radius 2 is 2.03 bits per heavy atom. The second-order valence-corrected chi connectivity index (χ2v) is 10.2. The van der Waals surface area contributed by atoms with Crippen LogP contribution in [0.15, 0.2) is 60.2 Å². The molecule has 1 aliphatic heterocycles. The number of amides is 1. The largest absolute Gasteiger partial charge is 0.497 e. The summed E-state index contributed by atoms with van der Waals surface area (Å²) in [5, 5.41) is 14.2. The minimum Gasteiger partial charge on any atom is -0.497 e. The van der Waals surface area contributed by atoms with E-state index in [0.717, 1.165) is 36.1 Å². The van der Waals surface area contributed by atoms with Gasteiger partial charge in [-0.05, 0) is 67.7 Å². The van der Waals surface area contributed by atoms with Gasteiger partial charge in [-0.15, -0.1) is 0 Å². The third kappa shape index (κ3) is 4.20. The molecule has 0 saturated heterocycles. The first-order valence-corrected chi connectivity index (χ1v) is 12.0. The molecule has 6 nitrogen and oxygen atoms in total. The molecule has 2 saturated carbocycles. The number of esters is 1. The predicted octanol–water partition coefficient (Wildman–Crippen LogP) is 4.10. The second-order valence-electron chi connectivity index (χ2n) is 10.2. The van der Waals surface area contributed by atoms with Crippen LogP contribution >= 0.6 is 0 Å². The molecule has 0 spiro atoms. The molecule has 2 N–H and O–H groups in total. The number of carbonyl (C=O) groups excluding carboxylic acids is 2. The fourth-order valence-electron chi connectivity index (χ4n) is 6.28. The number of nitrogens with one attached hydrogen (secondary N) is 1. The highest BCUT2D eigenvalue weighted by atomic mass is 16.5. The van der Waals surface area contributed by atoms with Gasteiger partial charge >= 0.3 is 5.97 Å². The average Bonchev–Trinajstić information content (AvgIpc) is 3.24. The summed E-state index contributed by atoms with van der Waals surface area (Å²) in [7, 11) is 1.62. The Bertz CT molecular complexity index is 1030. The zero-order valence-electron chi connectivity index (χ0n) is 20.3. The van der Waals surface area contributed by atoms with Crippen molar-refractivity contribution >= 4 is 11.9 Å². The van der Waals surface area contributed by atoms with Gasteiger partial charge in [0.25, 0.3) is 0 Å². The molecule has 5 atom stereocenters. The highest BCUT2D eigenvalue weighted by Gasteiger charge is 2.60. The third-order valence-corrected chi connectivity index (χ3v) is 8.40. The number of fused-ring (bicyclic) bond motifs is 1. The van der Waals surface area contributed by atoms with Crippen molar-refractivity contribution in [3.05, 3.63) is 65.8 Å². The van der Waals surface area contributed by atoms with Crippen LogP contribution in [-0.2, 0) is 20.9 Å². The van der Waals surface area contributed by atoms with Crippen LogP contribution in [0.5, 0.6) is 5.75 Å². The minimum atomic E-state index is -0.919. The van der Waals surface area contributed by atoms with Gasteiger partial charge in [0.05, 0.1) is 24.2 Å². The number of cyclic esters (lactones) is 1. The van der Waals surface area contributed by atoms with Crippen LogP contribution in [0.1, 0.15) is 45.1 Å². The summed E-state index contributed by atoms with van der Waals surface area (Å²) < 4.78 is 10.2. The maximum absolute atomic E-state index is 13.6. The molecule has 4 rings (SSSR count). The van der Waals surface area contributed by atoms with Gasteiger partial charge in [-0.1, -0.05) is 43.4 Å². The lowest BCUT2D eigenvalue weighted by Crippen LogP contribution is -2.61. The van der Waals surface area contributed by atoms with Crippen molar-refractivity contribution < 1.29 is 24.2 Å². The van der Waals surface area contributed by atoms with Gasteiger partial charge in [-0.2, -0.15) is 0 Å². The molecule has 1 aromatic rings. The van der Waals surface area contributed by atoms with E-state index in [-0.39, 0.29) is 29.1 Å². The Balaban J connectivity index is 1.56. The van der Waals surface area contributed by atoms with Crippen LogP contribution in [0.4, 0.5) is 0 Å². The average molecular weight is 466 g/mol. The van der Waals surface area contributed by atoms with Crippen molar-refractivity contribution in [2.24, 2.45) is 22.7 Å². The van der Waals surface area contributed by atoms with E-state index in [2.05, 4.69) is 24.9 Å². The van der Waals surface area contributed by atoms with Crippen molar-refractivity contribution in [1.82, 2.24) is 5.32 Å². The summed E-state index contributed by atoms with van der Waals surface area (Å²) in [6, 6.07) is 7.60. The fourth-order valence-corrected chi connectivity index (χ4v) is 6.28. The Labute approximate surface area is 201 Å². The summed E-state index contributed by atoms with van der Waals surface area (Å²) >= 11 is 0. The van der Waals surface area contributed by atoms with Gasteiger partial charge in [0, 0.05) is 12.5 Å². The molecule has 1 aromatic carbocycles. The van der Waals surface area contributed by atoms with Crippen molar-refractivity contribution in [3.63, 3.8) is 0 Å². The molecular weight excluding hydrogens is 430 g/mol. The first-order valence-electron chi connectivity index (χ1n) is 12.0. The van der Waals surface area contributed by atoms with Crippen molar-refractivity contribution in [2.45, 2.75) is 52.2 Å². The topological polar surface area (TPSA) is 84.9 Å². The second kappa shape index (κ2) is 9.41. The van der Waals surface area contributed by atoms with Crippen LogP contribution in [0.3, 0.4) is 0 Å². The van der Waals surface area contributed by atoms with E-state index in [1.807, 2.05) is 37.3 Å². The maximum Gasteiger partial charge on any atom is 0.338 e. The van der Waals surface area contributed by atoms with Crippen LogP contribution in [0.25, 0.3) is 0 Å². The number of benzene rings is 1. The number of aliphatic hydroxyl groups excluding tert-OH is 1. The first kappa shape index (κ1) is 24.3. The lowest BCUT2D eigenvalue weighted by Gasteiger charge is -2.58. The van der Waals surface area contributed by atoms with Gasteiger partial charge in [0.2, 0.25) is 5.91 Å². The van der Waals surface area contributed by atoms with Crippen molar-refractivity contribution in [1.29, 1.82) is 0 Å². The van der Waals surface area contributed by atoms with Gasteiger partial charge < -0.3 is 19.9 Å². The molecule has 34 heavy (non-hydrogen) atoms. The maximum atomic E-state index is 13.6. The molecule has 0 unspecified atom stereocenters. The number of allylic oxidation sites excluding steroid dienone is 2. The molecule has 1 heterocycles. The standard InChI is InChI=1S/C28H35NO5/c1-18-5-12-23-27(2,22(18)11-8-20-14-16-34-25(20)31)15-13-24(30)28(23,3)26(32)29-17-19-6-9-21(33-4)10-7-19/h6-11,14,22-24,30H,1,5,12-13,15-17H2,2-4H3,(H,29,32)/b11-8+/t22-,23+,24-,27+,28+/m1/s1. The van der Waals surface area contributed by atoms with Gasteiger partial charge in [0.1, 0.15) is 12.4 Å². The number of hydrogen-bond acceptors (Lipinski definition) is 5. The monoisotopic (exact) mass is 465 g/mol. The Kier molecular flexibility index (Phi) is 6.72. The fraction of sp³-hybridized carbons (Fsp3) is 0.500. The summed E-state index contributed by atoms with van der Waals surface area (Å²) in [5.41, 5.74) is 1.48. The number of hydrogen-bond donors (Lipinski definition) is 2. The smallest absolute Gasteiger partial charge is 0.338 e. The summed E-state index contributed by atoms with van der Waals surface area (Å²) in [5.74, 6) is 0.333. The lowest BCUT2D eigenvalue weighted by molar-refractivity contribution is -0.164. The molecule has 0 radical (unpaired) electrons. The zero-order chi connectivity index (χ0) is 24.5. The number of aliphatic hydroxyl groups is 1. The Morgan fingerprint density at radius 1 is 1.29 bits per heavy atom. The molecule has 2 fully saturated rings. The minimum absolute atomic E-state index is 0.0155. The highest BCUT2D eigenvalue weighted by molar-refractivity contribution is 5.93. The molecule has 0 bridgehead atoms. The molecule has 2 aliphatic carbocycles. The number of methoxy groups -OCH3 is 1. The quantitative estimate of drug-likeness (QED) is 0.488. The van der Waals surface area contributed by atoms with Crippen LogP contribution in [-0.4, -0.2) is 36.8 Å². The van der Waals surface area contributed by atoms with E-state index in [1.54, 1.807) is 13.2 Å². The Hall–Kier alpha value is -2.86. The molecule has 182 valence electrons. The highest BCUT2D eigenvalue weighted by Crippen LogP contribution is 2.61. The zero-order valence-corrected chi connectivity index (χ0v) is 20.3. The van der Waals surface area contributed by atoms with E-state index in [9.17, 15) is 14.7 Å². The van der Waals surface area contributed by atoms with E-state index < -0.39 is 11.5 Å². The number of rotatable bonds is 6. The molecule has 6 heteroatoms. The third-order valence-electron chi connectivity index (χ3n) is 8.40. The summed E-state index contributed by atoms with van der Waals surface area (Å²) in [6.07, 6.45) is 7.88. The summed E-state index contributed by atoms with van der Waals surface area (Å²) in [6.45, 7) is 9.15. The first-order chi connectivity index (χ1) is 16.2. The van der Waals surface area contributed by atoms with Crippen LogP contribution in [0.2, 0.25) is 0 Å². The van der Waals surface area contributed by atoms with Gasteiger partial charge in [-0.3, -0.25) is 4.79 Å². The molecule has 1 amide bonds. The number of carbonyl (C=O) groups is 2. The van der Waals surface area contributed by atoms with Crippen molar-refractivity contribution in [3.8, 4) is 5.75 Å². The Morgan fingerprint density at radius 3 is 2.68 bits per heavy atom. The van der Waals surface area contributed by atoms with Crippen LogP contribution < -0.4 is 10.1 Å².